The molecule has 8 rings (SSSR count). The normalized spacial score (nSPS) is 27.6. The van der Waals surface area contributed by atoms with Crippen molar-refractivity contribution in [3.05, 3.63) is 70.8 Å². The van der Waals surface area contributed by atoms with E-state index in [4.69, 9.17) is 19.5 Å². The first-order chi connectivity index (χ1) is 24.2. The Kier molecular flexibility index (Phi) is 16.8. The molecule has 4 saturated carbocycles. The standard InChI is InChI=1S/C45H62N2O2.2BrH.Pd/c1-5-17-34(18-6-1)38-25-13-15-32(27-38)29-40-44(36-21-9-3-10-22-36)48-42(46-40)31-43-47-41(45(49-43)37-23-11-4-12-24-37)30-33-16-14-26-39(28-33)35-19-7-2-8-20-35;;;/h13-16,25-28,34-37,40-41,44-45H,1-12,17-24,29-31H2;2*1H;/q;;;+2/p-2/t40-,41-,44?,45?;;;/m1.../s1. The van der Waals surface area contributed by atoms with Gasteiger partial charge in [0.2, 0.25) is 0 Å². The molecule has 2 heterocycles. The third kappa shape index (κ3) is 10.6. The van der Waals surface area contributed by atoms with Gasteiger partial charge in [-0.1, -0.05) is 126 Å². The van der Waals surface area contributed by atoms with Gasteiger partial charge in [-0.25, -0.2) is 9.98 Å². The summed E-state index contributed by atoms with van der Waals surface area (Å²) in [6.07, 6.45) is 29.8. The summed E-state index contributed by atoms with van der Waals surface area (Å²) in [5.74, 6) is 4.44. The SMILES string of the molecule is [Br-].[Br-].[Pd+2].c1cc(C[C@H]2N=C(CC3=N[C@H](Cc4cccc(C5CCCCC5)c4)C(C4CCCCC4)O3)OC2C2CCCCC2)cc(C2CCCCC2)c1. The van der Waals surface area contributed by atoms with Gasteiger partial charge in [0, 0.05) is 0 Å². The maximum Gasteiger partial charge on any atom is 2.00 e. The molecular formula is C45H62Br2N2O2Pd. The molecule has 4 aliphatic carbocycles. The number of benzene rings is 2. The predicted octanol–water partition coefficient (Wildman–Crippen LogP) is 5.46. The van der Waals surface area contributed by atoms with Crippen LogP contribution >= 0.6 is 0 Å². The Hall–Kier alpha value is -0.998. The zero-order valence-electron chi connectivity index (χ0n) is 31.3. The smallest absolute Gasteiger partial charge is 1.00 e. The molecule has 2 aliphatic heterocycles. The molecule has 2 aromatic carbocycles. The summed E-state index contributed by atoms with van der Waals surface area (Å²) >= 11 is 0. The van der Waals surface area contributed by atoms with E-state index in [1.807, 2.05) is 0 Å². The molecule has 6 aliphatic rings. The van der Waals surface area contributed by atoms with Crippen LogP contribution in [0.1, 0.15) is 169 Å². The second kappa shape index (κ2) is 20.8. The van der Waals surface area contributed by atoms with E-state index >= 15 is 0 Å². The Morgan fingerprint density at radius 3 is 1.23 bits per heavy atom. The van der Waals surface area contributed by atoms with Crippen molar-refractivity contribution >= 4 is 11.8 Å². The van der Waals surface area contributed by atoms with Crippen LogP contribution in [-0.2, 0) is 42.7 Å². The number of rotatable bonds is 10. The molecule has 4 fully saturated rings. The van der Waals surface area contributed by atoms with Crippen LogP contribution in [0.2, 0.25) is 0 Å². The molecule has 0 spiro atoms. The fraction of sp³-hybridized carbons (Fsp3) is 0.689. The molecule has 0 aromatic heterocycles. The molecule has 0 N–H and O–H groups in total. The molecule has 0 saturated heterocycles. The van der Waals surface area contributed by atoms with Crippen molar-refractivity contribution in [2.45, 2.75) is 184 Å². The summed E-state index contributed by atoms with van der Waals surface area (Å²) in [5.41, 5.74) is 5.97. The molecule has 2 aromatic rings. The van der Waals surface area contributed by atoms with Gasteiger partial charge < -0.3 is 43.4 Å². The van der Waals surface area contributed by atoms with Gasteiger partial charge in [-0.15, -0.1) is 0 Å². The number of hydrogen-bond donors (Lipinski definition) is 0. The molecule has 7 heteroatoms. The Balaban J connectivity index is 0.00000174. The van der Waals surface area contributed by atoms with Crippen LogP contribution in [0.15, 0.2) is 58.5 Å². The molecule has 0 radical (unpaired) electrons. The quantitative estimate of drug-likeness (QED) is 0.298. The van der Waals surface area contributed by atoms with Gasteiger partial charge in [0.05, 0.1) is 18.5 Å². The van der Waals surface area contributed by atoms with Crippen molar-refractivity contribution in [1.82, 2.24) is 0 Å². The Morgan fingerprint density at radius 1 is 0.481 bits per heavy atom. The van der Waals surface area contributed by atoms with Gasteiger partial charge in [0.15, 0.2) is 11.8 Å². The molecule has 4 atom stereocenters. The number of nitrogens with zero attached hydrogens (tertiary/aromatic N) is 2. The minimum atomic E-state index is 0. The second-order valence-corrected chi connectivity index (χ2v) is 16.9. The first kappa shape index (κ1) is 42.2. The van der Waals surface area contributed by atoms with Crippen LogP contribution in [0.4, 0.5) is 0 Å². The van der Waals surface area contributed by atoms with Crippen LogP contribution in [0.25, 0.3) is 0 Å². The van der Waals surface area contributed by atoms with E-state index in [9.17, 15) is 0 Å². The monoisotopic (exact) mass is 926 g/mol. The van der Waals surface area contributed by atoms with Crippen LogP contribution in [0.5, 0.6) is 0 Å². The molecule has 288 valence electrons. The number of aliphatic imine (C=N–C) groups is 2. The first-order valence-electron chi connectivity index (χ1n) is 20.9. The molecule has 52 heavy (non-hydrogen) atoms. The van der Waals surface area contributed by atoms with Gasteiger partial charge in [0.25, 0.3) is 0 Å². The maximum absolute atomic E-state index is 6.90. The predicted molar refractivity (Wildman–Crippen MR) is 202 cm³/mol. The number of hydrogen-bond acceptors (Lipinski definition) is 4. The van der Waals surface area contributed by atoms with E-state index in [1.165, 1.54) is 140 Å². The summed E-state index contributed by atoms with van der Waals surface area (Å²) in [7, 11) is 0. The fourth-order valence-corrected chi connectivity index (χ4v) is 10.7. The van der Waals surface area contributed by atoms with Gasteiger partial charge in [-0.05, 0) is 110 Å². The van der Waals surface area contributed by atoms with E-state index in [-0.39, 0.29) is 78.7 Å². The van der Waals surface area contributed by atoms with Crippen molar-refractivity contribution in [3.63, 3.8) is 0 Å². The largest absolute Gasteiger partial charge is 2.00 e. The topological polar surface area (TPSA) is 43.2 Å². The summed E-state index contributed by atoms with van der Waals surface area (Å²) < 4.78 is 13.8. The Morgan fingerprint density at radius 2 is 0.846 bits per heavy atom. The van der Waals surface area contributed by atoms with E-state index in [2.05, 4.69) is 48.5 Å². The Labute approximate surface area is 349 Å². The summed E-state index contributed by atoms with van der Waals surface area (Å²) in [4.78, 5) is 10.8. The minimum Gasteiger partial charge on any atom is -1.00 e. The average Bonchev–Trinajstić information content (AvgIpc) is 3.76. The van der Waals surface area contributed by atoms with Crippen LogP contribution in [-0.4, -0.2) is 36.1 Å². The number of ether oxygens (including phenoxy) is 2. The van der Waals surface area contributed by atoms with Crippen molar-refractivity contribution in [1.29, 1.82) is 0 Å². The summed E-state index contributed by atoms with van der Waals surface area (Å²) in [6.45, 7) is 0. The molecule has 0 amide bonds. The number of halogens is 2. The van der Waals surface area contributed by atoms with Crippen molar-refractivity contribution in [2.75, 3.05) is 0 Å². The van der Waals surface area contributed by atoms with Gasteiger partial charge in [0.1, 0.15) is 12.2 Å². The fourth-order valence-electron chi connectivity index (χ4n) is 10.7. The minimum absolute atomic E-state index is 0. The third-order valence-electron chi connectivity index (χ3n) is 13.4. The van der Waals surface area contributed by atoms with Crippen molar-refractivity contribution < 1.29 is 63.9 Å². The molecule has 0 bridgehead atoms. The van der Waals surface area contributed by atoms with Crippen LogP contribution < -0.4 is 34.0 Å². The van der Waals surface area contributed by atoms with Crippen molar-refractivity contribution in [3.8, 4) is 0 Å². The Bertz CT molecular complexity index is 1330. The zero-order chi connectivity index (χ0) is 32.8. The van der Waals surface area contributed by atoms with E-state index in [0.29, 0.717) is 18.3 Å². The summed E-state index contributed by atoms with van der Waals surface area (Å²) in [6, 6.07) is 19.4. The van der Waals surface area contributed by atoms with Gasteiger partial charge in [-0.2, -0.15) is 0 Å². The first-order valence-corrected chi connectivity index (χ1v) is 20.9. The van der Waals surface area contributed by atoms with Crippen molar-refractivity contribution in [2.24, 2.45) is 21.8 Å². The van der Waals surface area contributed by atoms with Gasteiger partial charge >= 0.3 is 20.4 Å². The van der Waals surface area contributed by atoms with Crippen LogP contribution in [0, 0.1) is 11.8 Å². The van der Waals surface area contributed by atoms with Crippen LogP contribution in [0.3, 0.4) is 0 Å². The average molecular weight is 929 g/mol. The van der Waals surface area contributed by atoms with E-state index < -0.39 is 0 Å². The second-order valence-electron chi connectivity index (χ2n) is 16.9. The molecule has 2 unspecified atom stereocenters. The maximum atomic E-state index is 6.90. The third-order valence-corrected chi connectivity index (χ3v) is 13.4. The zero-order valence-corrected chi connectivity index (χ0v) is 36.0. The van der Waals surface area contributed by atoms with Gasteiger partial charge in [-0.3, -0.25) is 0 Å². The van der Waals surface area contributed by atoms with E-state index in [0.717, 1.165) is 36.5 Å². The molecule has 4 nitrogen and oxygen atoms in total. The summed E-state index contributed by atoms with van der Waals surface area (Å²) in [5, 5.41) is 0. The molecular weight excluding hydrogens is 867 g/mol. The van der Waals surface area contributed by atoms with E-state index in [1.54, 1.807) is 11.1 Å².